The number of sulfone groups is 1. The minimum Gasteiger partial charge on any atom is -0.446 e. The number of carbonyl (C=O) groups excluding carboxylic acids is 1. The maximum absolute atomic E-state index is 14.9. The van der Waals surface area contributed by atoms with Crippen molar-refractivity contribution >= 4 is 15.9 Å². The molecule has 25 heavy (non-hydrogen) atoms. The fourth-order valence-corrected chi connectivity index (χ4v) is 4.41. The molecule has 0 bridgehead atoms. The molecule has 1 amide bonds. The van der Waals surface area contributed by atoms with E-state index in [1.165, 1.54) is 0 Å². The van der Waals surface area contributed by atoms with Crippen LogP contribution in [0.4, 0.5) is 26.7 Å². The molecule has 140 valence electrons. The van der Waals surface area contributed by atoms with Crippen LogP contribution in [0.3, 0.4) is 0 Å². The van der Waals surface area contributed by atoms with Gasteiger partial charge in [0.05, 0.1) is 10.5 Å². The van der Waals surface area contributed by atoms with Crippen molar-refractivity contribution in [3.63, 3.8) is 0 Å². The Morgan fingerprint density at radius 3 is 2.24 bits per heavy atom. The smallest absolute Gasteiger partial charge is 0.416 e. The van der Waals surface area contributed by atoms with Crippen LogP contribution < -0.4 is 5.73 Å². The Morgan fingerprint density at radius 2 is 1.76 bits per heavy atom. The van der Waals surface area contributed by atoms with Gasteiger partial charge < -0.3 is 10.5 Å². The van der Waals surface area contributed by atoms with Crippen LogP contribution in [0.1, 0.15) is 31.2 Å². The number of alkyl halides is 4. The molecule has 11 heteroatoms. The summed E-state index contributed by atoms with van der Waals surface area (Å²) in [4.78, 5) is 9.57. The predicted molar refractivity (Wildman–Crippen MR) is 75.4 cm³/mol. The molecular formula is C14H14F5NO4S. The number of halogens is 5. The highest BCUT2D eigenvalue weighted by molar-refractivity contribution is 7.92. The van der Waals surface area contributed by atoms with Crippen LogP contribution >= 0.6 is 0 Å². The third kappa shape index (κ3) is 4.02. The summed E-state index contributed by atoms with van der Waals surface area (Å²) in [5.41, 5.74) is 3.29. The Bertz CT molecular complexity index is 770. The summed E-state index contributed by atoms with van der Waals surface area (Å²) in [6.45, 7) is 0. The molecule has 1 aromatic carbocycles. The molecule has 5 nitrogen and oxygen atoms in total. The Morgan fingerprint density at radius 1 is 1.20 bits per heavy atom. The summed E-state index contributed by atoms with van der Waals surface area (Å²) >= 11 is 0. The van der Waals surface area contributed by atoms with E-state index in [4.69, 9.17) is 5.73 Å². The number of primary amides is 1. The molecule has 1 saturated carbocycles. The zero-order valence-electron chi connectivity index (χ0n) is 12.6. The maximum atomic E-state index is 14.9. The van der Waals surface area contributed by atoms with Crippen molar-refractivity contribution in [2.45, 2.75) is 47.9 Å². The zero-order chi connectivity index (χ0) is 19.0. The lowest BCUT2D eigenvalue weighted by atomic mass is 9.95. The van der Waals surface area contributed by atoms with Crippen molar-refractivity contribution in [1.29, 1.82) is 0 Å². The first-order valence-electron chi connectivity index (χ1n) is 7.12. The summed E-state index contributed by atoms with van der Waals surface area (Å²) in [5, 5.41) is -2.89. The van der Waals surface area contributed by atoms with Gasteiger partial charge in [-0.3, -0.25) is 0 Å². The Labute approximate surface area is 139 Å². The van der Waals surface area contributed by atoms with Crippen molar-refractivity contribution < 1.29 is 39.9 Å². The lowest BCUT2D eigenvalue weighted by molar-refractivity contribution is -0.137. The molecule has 0 aliphatic heterocycles. The van der Waals surface area contributed by atoms with E-state index in [2.05, 4.69) is 4.74 Å². The van der Waals surface area contributed by atoms with Gasteiger partial charge in [-0.2, -0.15) is 13.2 Å². The minimum atomic E-state index is -4.98. The molecule has 0 spiro atoms. The number of amides is 1. The summed E-state index contributed by atoms with van der Waals surface area (Å²) in [6.07, 6.45) is -8.46. The van der Waals surface area contributed by atoms with Gasteiger partial charge in [0, 0.05) is 0 Å². The second-order valence-corrected chi connectivity index (χ2v) is 7.91. The van der Waals surface area contributed by atoms with Gasteiger partial charge in [0.2, 0.25) is 14.8 Å². The van der Waals surface area contributed by atoms with E-state index in [0.717, 1.165) is 0 Å². The van der Waals surface area contributed by atoms with Crippen LogP contribution in [0.2, 0.25) is 0 Å². The van der Waals surface area contributed by atoms with Crippen LogP contribution in [-0.4, -0.2) is 25.6 Å². The molecule has 2 N–H and O–H groups in total. The molecule has 2 rings (SSSR count). The minimum absolute atomic E-state index is 0.127. The monoisotopic (exact) mass is 387 g/mol. The van der Waals surface area contributed by atoms with Crippen molar-refractivity contribution in [3.05, 3.63) is 29.6 Å². The van der Waals surface area contributed by atoms with E-state index in [1.807, 2.05) is 0 Å². The van der Waals surface area contributed by atoms with Crippen LogP contribution in [-0.2, 0) is 20.8 Å². The average molecular weight is 387 g/mol. The largest absolute Gasteiger partial charge is 0.446 e. The number of nitrogens with two attached hydrogens (primary N) is 1. The summed E-state index contributed by atoms with van der Waals surface area (Å²) in [6, 6.07) is 0.672. The highest BCUT2D eigenvalue weighted by Gasteiger charge is 2.49. The zero-order valence-corrected chi connectivity index (χ0v) is 13.5. The fraction of sp³-hybridized carbons (Fsp3) is 0.500. The van der Waals surface area contributed by atoms with E-state index in [9.17, 15) is 35.2 Å². The second-order valence-electron chi connectivity index (χ2n) is 5.70. The fourth-order valence-electron chi connectivity index (χ4n) is 2.67. The Balaban J connectivity index is 2.33. The second kappa shape index (κ2) is 6.43. The van der Waals surface area contributed by atoms with E-state index in [0.29, 0.717) is 6.07 Å². The molecule has 0 aromatic heterocycles. The van der Waals surface area contributed by atoms with Gasteiger partial charge in [0.1, 0.15) is 11.9 Å². The molecule has 0 heterocycles. The number of hydrogen-bond donors (Lipinski definition) is 1. The van der Waals surface area contributed by atoms with Crippen LogP contribution in [0.15, 0.2) is 23.1 Å². The number of hydrogen-bond acceptors (Lipinski definition) is 4. The summed E-state index contributed by atoms with van der Waals surface area (Å²) < 4.78 is 96.1. The van der Waals surface area contributed by atoms with Gasteiger partial charge in [0.25, 0.3) is 0 Å². The van der Waals surface area contributed by atoms with Crippen molar-refractivity contribution in [1.82, 2.24) is 0 Å². The maximum Gasteiger partial charge on any atom is 0.416 e. The Hall–Kier alpha value is -1.91. The van der Waals surface area contributed by atoms with Gasteiger partial charge >= 0.3 is 12.3 Å². The molecule has 0 atom stereocenters. The molecule has 1 aliphatic carbocycles. The molecule has 1 aliphatic rings. The topological polar surface area (TPSA) is 86.5 Å². The van der Waals surface area contributed by atoms with Gasteiger partial charge in [-0.05, 0) is 43.9 Å². The van der Waals surface area contributed by atoms with E-state index in [-0.39, 0.29) is 25.0 Å². The average Bonchev–Trinajstić information content (AvgIpc) is 2.47. The number of ether oxygens (including phenoxy) is 1. The highest BCUT2D eigenvalue weighted by Crippen LogP contribution is 2.42. The molecule has 0 saturated heterocycles. The van der Waals surface area contributed by atoms with Gasteiger partial charge in [0.15, 0.2) is 0 Å². The Kier molecular flexibility index (Phi) is 4.99. The standard InChI is InChI=1S/C14H14F5NO4S/c15-9-5-8(14(17,18)19)6-11(7-9)25(22,23)13(16)3-1-10(2-4-13)24-12(20)21/h5-7,10H,1-4H2,(H2,20,21). The van der Waals surface area contributed by atoms with E-state index < -0.39 is 62.3 Å². The van der Waals surface area contributed by atoms with E-state index >= 15 is 0 Å². The molecular weight excluding hydrogens is 373 g/mol. The van der Waals surface area contributed by atoms with Gasteiger partial charge in [-0.15, -0.1) is 0 Å². The quantitative estimate of drug-likeness (QED) is 0.806. The lowest BCUT2D eigenvalue weighted by Gasteiger charge is -2.33. The van der Waals surface area contributed by atoms with Crippen molar-refractivity contribution in [3.8, 4) is 0 Å². The SMILES string of the molecule is NC(=O)OC1CCC(F)(S(=O)(=O)c2cc(F)cc(C(F)(F)F)c2)CC1. The van der Waals surface area contributed by atoms with Crippen LogP contribution in [0.5, 0.6) is 0 Å². The first kappa shape index (κ1) is 19.4. The van der Waals surface area contributed by atoms with Crippen LogP contribution in [0.25, 0.3) is 0 Å². The number of benzene rings is 1. The third-order valence-electron chi connectivity index (χ3n) is 3.95. The lowest BCUT2D eigenvalue weighted by Crippen LogP contribution is -2.41. The molecule has 1 aromatic rings. The summed E-state index contributed by atoms with van der Waals surface area (Å²) in [7, 11) is -4.90. The first-order valence-corrected chi connectivity index (χ1v) is 8.61. The van der Waals surface area contributed by atoms with Crippen molar-refractivity contribution in [2.75, 3.05) is 0 Å². The predicted octanol–water partition coefficient (Wildman–Crippen LogP) is 3.32. The van der Waals surface area contributed by atoms with Gasteiger partial charge in [-0.1, -0.05) is 0 Å². The highest BCUT2D eigenvalue weighted by atomic mass is 32.2. The molecule has 0 radical (unpaired) electrons. The number of carbonyl (C=O) groups is 1. The van der Waals surface area contributed by atoms with Crippen molar-refractivity contribution in [2.24, 2.45) is 5.73 Å². The normalized spacial score (nSPS) is 24.8. The van der Waals surface area contributed by atoms with Gasteiger partial charge in [-0.25, -0.2) is 22.0 Å². The number of rotatable bonds is 3. The molecule has 0 unspecified atom stereocenters. The first-order chi connectivity index (χ1) is 11.3. The summed E-state index contributed by atoms with van der Waals surface area (Å²) in [5.74, 6) is -1.44. The third-order valence-corrected chi connectivity index (χ3v) is 6.18. The molecule has 1 fully saturated rings. The van der Waals surface area contributed by atoms with E-state index in [1.54, 1.807) is 0 Å². The van der Waals surface area contributed by atoms with Crippen LogP contribution in [0, 0.1) is 5.82 Å².